The van der Waals surface area contributed by atoms with Crippen LogP contribution in [0.1, 0.15) is 38.2 Å². The van der Waals surface area contributed by atoms with Crippen LogP contribution in [0.15, 0.2) is 18.2 Å². The maximum atomic E-state index is 13.7. The quantitative estimate of drug-likeness (QED) is 0.737. The lowest BCUT2D eigenvalue weighted by atomic mass is 9.89. The van der Waals surface area contributed by atoms with Gasteiger partial charge in [0.1, 0.15) is 0 Å². The molecule has 1 fully saturated rings. The van der Waals surface area contributed by atoms with Crippen molar-refractivity contribution >= 4 is 15.9 Å². The van der Waals surface area contributed by atoms with Crippen molar-refractivity contribution in [3.05, 3.63) is 29.6 Å². The number of ether oxygens (including phenoxy) is 1. The van der Waals surface area contributed by atoms with Crippen molar-refractivity contribution in [1.29, 1.82) is 0 Å². The van der Waals surface area contributed by atoms with Gasteiger partial charge in [0.05, 0.1) is 6.10 Å². The molecule has 0 N–H and O–H groups in total. The zero-order valence-electron chi connectivity index (χ0n) is 10.1. The first kappa shape index (κ1) is 12.9. The lowest BCUT2D eigenvalue weighted by Gasteiger charge is -2.27. The van der Waals surface area contributed by atoms with Crippen molar-refractivity contribution in [3.63, 3.8) is 0 Å². The van der Waals surface area contributed by atoms with Gasteiger partial charge in [-0.1, -0.05) is 35.0 Å². The van der Waals surface area contributed by atoms with E-state index in [0.29, 0.717) is 11.1 Å². The normalized spacial score (nSPS) is 24.6. The van der Waals surface area contributed by atoms with Crippen molar-refractivity contribution in [2.24, 2.45) is 5.92 Å². The number of benzene rings is 1. The van der Waals surface area contributed by atoms with Gasteiger partial charge in [-0.15, -0.1) is 0 Å². The van der Waals surface area contributed by atoms with E-state index in [0.717, 1.165) is 24.3 Å². The van der Waals surface area contributed by atoms with E-state index >= 15 is 0 Å². The van der Waals surface area contributed by atoms with Crippen molar-refractivity contribution in [2.75, 3.05) is 0 Å². The standard InChI is InChI=1S/C14H18BrFO/c1-10-5-7-12(8-6-10)17-14-11(9-15)3-2-4-13(14)16/h2-4,10,12H,5-9H2,1H3. The molecule has 0 unspecified atom stereocenters. The van der Waals surface area contributed by atoms with Gasteiger partial charge in [-0.3, -0.25) is 0 Å². The Hall–Kier alpha value is -0.570. The molecule has 94 valence electrons. The van der Waals surface area contributed by atoms with Gasteiger partial charge in [0.25, 0.3) is 0 Å². The van der Waals surface area contributed by atoms with E-state index < -0.39 is 0 Å². The Balaban J connectivity index is 2.07. The smallest absolute Gasteiger partial charge is 0.165 e. The predicted molar refractivity (Wildman–Crippen MR) is 71.1 cm³/mol. The van der Waals surface area contributed by atoms with Crippen molar-refractivity contribution < 1.29 is 9.13 Å². The summed E-state index contributed by atoms with van der Waals surface area (Å²) in [4.78, 5) is 0. The molecule has 1 saturated carbocycles. The van der Waals surface area contributed by atoms with Crippen molar-refractivity contribution in [1.82, 2.24) is 0 Å². The van der Waals surface area contributed by atoms with Crippen LogP contribution in [0.5, 0.6) is 5.75 Å². The maximum Gasteiger partial charge on any atom is 0.165 e. The zero-order chi connectivity index (χ0) is 12.3. The van der Waals surface area contributed by atoms with Gasteiger partial charge in [-0.2, -0.15) is 0 Å². The molecule has 2 rings (SSSR count). The fourth-order valence-electron chi connectivity index (χ4n) is 2.30. The first-order valence-electron chi connectivity index (χ1n) is 6.20. The highest BCUT2D eigenvalue weighted by Crippen LogP contribution is 2.31. The molecule has 1 nitrogen and oxygen atoms in total. The first-order chi connectivity index (χ1) is 8.20. The summed E-state index contributed by atoms with van der Waals surface area (Å²) in [5.74, 6) is 0.968. The van der Waals surface area contributed by atoms with Crippen LogP contribution in [0.25, 0.3) is 0 Å². The molecule has 1 aromatic carbocycles. The summed E-state index contributed by atoms with van der Waals surface area (Å²) in [5, 5.41) is 0.628. The largest absolute Gasteiger partial charge is 0.487 e. The summed E-state index contributed by atoms with van der Waals surface area (Å²) in [7, 11) is 0. The Bertz CT molecular complexity index is 372. The molecule has 0 saturated heterocycles. The van der Waals surface area contributed by atoms with E-state index in [4.69, 9.17) is 4.74 Å². The molecule has 0 heterocycles. The van der Waals surface area contributed by atoms with Crippen LogP contribution < -0.4 is 4.74 Å². The SMILES string of the molecule is CC1CCC(Oc2c(F)cccc2CBr)CC1. The number of halogens is 2. The first-order valence-corrected chi connectivity index (χ1v) is 7.33. The molecule has 0 radical (unpaired) electrons. The van der Waals surface area contributed by atoms with Gasteiger partial charge in [0.2, 0.25) is 0 Å². The zero-order valence-corrected chi connectivity index (χ0v) is 11.7. The molecule has 0 bridgehead atoms. The molecule has 0 aromatic heterocycles. The van der Waals surface area contributed by atoms with E-state index in [1.165, 1.54) is 18.9 Å². The van der Waals surface area contributed by atoms with E-state index in [-0.39, 0.29) is 11.9 Å². The highest BCUT2D eigenvalue weighted by molar-refractivity contribution is 9.08. The van der Waals surface area contributed by atoms with Crippen LogP contribution in [0.2, 0.25) is 0 Å². The highest BCUT2D eigenvalue weighted by atomic mass is 79.9. The van der Waals surface area contributed by atoms with Gasteiger partial charge in [0, 0.05) is 10.9 Å². The van der Waals surface area contributed by atoms with Crippen LogP contribution in [0.4, 0.5) is 4.39 Å². The molecule has 3 heteroatoms. The minimum absolute atomic E-state index is 0.181. The third-order valence-corrected chi connectivity index (χ3v) is 4.04. The topological polar surface area (TPSA) is 9.23 Å². The summed E-state index contributed by atoms with van der Waals surface area (Å²) in [6.45, 7) is 2.27. The van der Waals surface area contributed by atoms with Crippen LogP contribution in [-0.4, -0.2) is 6.10 Å². The summed E-state index contributed by atoms with van der Waals surface area (Å²) >= 11 is 3.37. The third kappa shape index (κ3) is 3.21. The molecular formula is C14H18BrFO. The fraction of sp³-hybridized carbons (Fsp3) is 0.571. The van der Waals surface area contributed by atoms with Crippen LogP contribution in [0.3, 0.4) is 0 Å². The highest BCUT2D eigenvalue weighted by Gasteiger charge is 2.21. The van der Waals surface area contributed by atoms with Gasteiger partial charge in [-0.25, -0.2) is 4.39 Å². The van der Waals surface area contributed by atoms with E-state index in [1.807, 2.05) is 6.07 Å². The Morgan fingerprint density at radius 3 is 2.65 bits per heavy atom. The van der Waals surface area contributed by atoms with E-state index in [1.54, 1.807) is 6.07 Å². The Kier molecular flexibility index (Phi) is 4.43. The molecular weight excluding hydrogens is 283 g/mol. The molecule has 0 amide bonds. The molecule has 0 spiro atoms. The molecule has 17 heavy (non-hydrogen) atoms. The van der Waals surface area contributed by atoms with Crippen LogP contribution in [0, 0.1) is 11.7 Å². The second-order valence-electron chi connectivity index (χ2n) is 4.86. The predicted octanol–water partition coefficient (Wildman–Crippen LogP) is 4.68. The summed E-state index contributed by atoms with van der Waals surface area (Å²) in [6, 6.07) is 5.09. The molecule has 0 atom stereocenters. The van der Waals surface area contributed by atoms with Gasteiger partial charge < -0.3 is 4.74 Å². The molecule has 1 aromatic rings. The average Bonchev–Trinajstić information content (AvgIpc) is 2.34. The lowest BCUT2D eigenvalue weighted by molar-refractivity contribution is 0.129. The number of para-hydroxylation sites is 1. The van der Waals surface area contributed by atoms with E-state index in [2.05, 4.69) is 22.9 Å². The summed E-state index contributed by atoms with van der Waals surface area (Å²) in [5.41, 5.74) is 0.892. The molecule has 1 aliphatic carbocycles. The van der Waals surface area contributed by atoms with E-state index in [9.17, 15) is 4.39 Å². The van der Waals surface area contributed by atoms with Crippen LogP contribution in [-0.2, 0) is 5.33 Å². The second-order valence-corrected chi connectivity index (χ2v) is 5.42. The summed E-state index contributed by atoms with van der Waals surface area (Å²) in [6.07, 6.45) is 4.63. The fourth-order valence-corrected chi connectivity index (χ4v) is 2.75. The Morgan fingerprint density at radius 2 is 2.00 bits per heavy atom. The summed E-state index contributed by atoms with van der Waals surface area (Å²) < 4.78 is 19.6. The number of hydrogen-bond acceptors (Lipinski definition) is 1. The third-order valence-electron chi connectivity index (χ3n) is 3.44. The van der Waals surface area contributed by atoms with Gasteiger partial charge in [-0.05, 0) is 37.7 Å². The van der Waals surface area contributed by atoms with Gasteiger partial charge >= 0.3 is 0 Å². The number of hydrogen-bond donors (Lipinski definition) is 0. The average molecular weight is 301 g/mol. The Morgan fingerprint density at radius 1 is 1.29 bits per heavy atom. The Labute approximate surface area is 110 Å². The molecule has 1 aliphatic rings. The maximum absolute atomic E-state index is 13.7. The minimum atomic E-state index is -0.249. The van der Waals surface area contributed by atoms with Crippen LogP contribution >= 0.6 is 15.9 Å². The van der Waals surface area contributed by atoms with Crippen molar-refractivity contribution in [3.8, 4) is 5.75 Å². The van der Waals surface area contributed by atoms with Gasteiger partial charge in [0.15, 0.2) is 11.6 Å². The van der Waals surface area contributed by atoms with Crippen molar-refractivity contribution in [2.45, 2.75) is 44.0 Å². The number of alkyl halides is 1. The lowest BCUT2D eigenvalue weighted by Crippen LogP contribution is -2.23. The number of rotatable bonds is 3. The second kappa shape index (κ2) is 5.85. The monoisotopic (exact) mass is 300 g/mol. The minimum Gasteiger partial charge on any atom is -0.487 e. The molecule has 0 aliphatic heterocycles.